The summed E-state index contributed by atoms with van der Waals surface area (Å²) in [6.45, 7) is -2.93. The number of para-hydroxylation sites is 2. The minimum Gasteiger partial charge on any atom is -0.434 e. The maximum absolute atomic E-state index is 14.0. The van der Waals surface area contributed by atoms with Crippen molar-refractivity contribution >= 4 is 34.0 Å². The number of alkyl halides is 2. The van der Waals surface area contributed by atoms with Gasteiger partial charge in [-0.05, 0) is 24.3 Å². The number of nitrogens with zero attached hydrogens (tertiary/aromatic N) is 2. The number of hydrogen-bond acceptors (Lipinski definition) is 5. The number of carbonyl (C=O) groups is 2. The van der Waals surface area contributed by atoms with Crippen molar-refractivity contribution in [3.63, 3.8) is 0 Å². The zero-order valence-electron chi connectivity index (χ0n) is 15.9. The van der Waals surface area contributed by atoms with Gasteiger partial charge in [-0.1, -0.05) is 24.3 Å². The fourth-order valence-corrected chi connectivity index (χ4v) is 4.04. The van der Waals surface area contributed by atoms with Crippen LogP contribution in [0.2, 0.25) is 0 Å². The number of anilines is 2. The minimum absolute atomic E-state index is 0.0254. The Hall–Kier alpha value is -3.40. The van der Waals surface area contributed by atoms with Crippen molar-refractivity contribution in [2.45, 2.75) is 13.0 Å². The summed E-state index contributed by atoms with van der Waals surface area (Å²) in [6.07, 6.45) is -0.0521. The van der Waals surface area contributed by atoms with Crippen LogP contribution < -0.4 is 15.0 Å². The Bertz CT molecular complexity index is 1120. The normalized spacial score (nSPS) is 16.1. The third-order valence-corrected chi connectivity index (χ3v) is 5.51. The van der Waals surface area contributed by atoms with Crippen molar-refractivity contribution in [3.05, 3.63) is 59.7 Å². The Balaban J connectivity index is 1.46. The smallest absolute Gasteiger partial charge is 0.387 e. The topological polar surface area (TPSA) is 71.5 Å². The fraction of sp³-hybridized carbons (Fsp3) is 0.190. The maximum atomic E-state index is 14.0. The first-order chi connectivity index (χ1) is 14.9. The molecule has 160 valence electrons. The van der Waals surface area contributed by atoms with Gasteiger partial charge in [0.15, 0.2) is 5.13 Å². The van der Waals surface area contributed by atoms with Crippen LogP contribution in [0.25, 0.3) is 11.3 Å². The third-order valence-electron chi connectivity index (χ3n) is 4.75. The van der Waals surface area contributed by atoms with Gasteiger partial charge < -0.3 is 15.0 Å². The van der Waals surface area contributed by atoms with Crippen LogP contribution in [0, 0.1) is 11.7 Å². The second kappa shape index (κ2) is 8.76. The second-order valence-corrected chi connectivity index (χ2v) is 7.62. The molecule has 4 rings (SSSR count). The molecule has 31 heavy (non-hydrogen) atoms. The van der Waals surface area contributed by atoms with E-state index < -0.39 is 24.3 Å². The van der Waals surface area contributed by atoms with Crippen LogP contribution in [-0.2, 0) is 9.59 Å². The summed E-state index contributed by atoms with van der Waals surface area (Å²) in [5.74, 6) is -2.00. The Morgan fingerprint density at radius 3 is 2.71 bits per heavy atom. The summed E-state index contributed by atoms with van der Waals surface area (Å²) in [4.78, 5) is 30.5. The van der Waals surface area contributed by atoms with Crippen molar-refractivity contribution in [2.24, 2.45) is 5.92 Å². The Labute approximate surface area is 179 Å². The molecule has 1 N–H and O–H groups in total. The van der Waals surface area contributed by atoms with E-state index in [0.717, 1.165) is 11.3 Å². The Kier molecular flexibility index (Phi) is 5.90. The first-order valence-corrected chi connectivity index (χ1v) is 10.2. The summed E-state index contributed by atoms with van der Waals surface area (Å²) >= 11 is 1.11. The minimum atomic E-state index is -2.98. The van der Waals surface area contributed by atoms with Gasteiger partial charge in [0.25, 0.3) is 0 Å². The molecule has 1 aliphatic heterocycles. The molecule has 0 saturated carbocycles. The van der Waals surface area contributed by atoms with E-state index in [1.165, 1.54) is 29.2 Å². The number of ether oxygens (including phenoxy) is 1. The number of nitrogens with one attached hydrogen (secondary N) is 1. The van der Waals surface area contributed by atoms with Gasteiger partial charge in [-0.25, -0.2) is 9.37 Å². The summed E-state index contributed by atoms with van der Waals surface area (Å²) in [7, 11) is 0. The van der Waals surface area contributed by atoms with Gasteiger partial charge in [0.2, 0.25) is 11.8 Å². The number of carbonyl (C=O) groups excluding carboxylic acids is 2. The van der Waals surface area contributed by atoms with E-state index in [-0.39, 0.29) is 35.4 Å². The molecule has 0 bridgehead atoms. The fourth-order valence-electron chi connectivity index (χ4n) is 3.33. The monoisotopic (exact) mass is 447 g/mol. The highest BCUT2D eigenvalue weighted by Gasteiger charge is 2.36. The standard InChI is InChI=1S/C21H16F3N3O3S/c22-14-6-2-3-7-16(14)27-10-12(9-18(27)28)19(29)26-21-25-15(11-31-21)13-5-1-4-8-17(13)30-20(23)24/h1-8,11-12,20H,9-10H2,(H,25,26,29). The molecular weight excluding hydrogens is 431 g/mol. The SMILES string of the molecule is O=C(Nc1nc(-c2ccccc2OC(F)F)cs1)C1CC(=O)N(c2ccccc2F)C1. The van der Waals surface area contributed by atoms with E-state index in [2.05, 4.69) is 15.0 Å². The third kappa shape index (κ3) is 4.53. The number of thiazole rings is 1. The summed E-state index contributed by atoms with van der Waals surface area (Å²) in [6, 6.07) is 12.1. The van der Waals surface area contributed by atoms with Gasteiger partial charge in [0.05, 0.1) is 17.3 Å². The highest BCUT2D eigenvalue weighted by Crippen LogP contribution is 2.34. The van der Waals surface area contributed by atoms with Crippen molar-refractivity contribution in [1.82, 2.24) is 4.98 Å². The summed E-state index contributed by atoms with van der Waals surface area (Å²) in [5.41, 5.74) is 0.864. The average molecular weight is 447 g/mol. The predicted octanol–water partition coefficient (Wildman–Crippen LogP) is 4.54. The van der Waals surface area contributed by atoms with E-state index >= 15 is 0 Å². The molecule has 2 amide bonds. The van der Waals surface area contributed by atoms with Crippen LogP contribution in [0.5, 0.6) is 5.75 Å². The number of rotatable bonds is 6. The number of aromatic nitrogens is 1. The molecule has 1 unspecified atom stereocenters. The van der Waals surface area contributed by atoms with Gasteiger partial charge >= 0.3 is 6.61 Å². The Morgan fingerprint density at radius 2 is 1.94 bits per heavy atom. The molecule has 10 heteroatoms. The first kappa shape index (κ1) is 20.9. The van der Waals surface area contributed by atoms with Crippen LogP contribution in [0.3, 0.4) is 0 Å². The molecule has 2 aromatic carbocycles. The molecule has 3 aromatic rings. The number of benzene rings is 2. The number of hydrogen-bond donors (Lipinski definition) is 1. The molecule has 1 aliphatic rings. The van der Waals surface area contributed by atoms with Gasteiger partial charge in [-0.2, -0.15) is 8.78 Å². The van der Waals surface area contributed by atoms with Crippen LogP contribution in [0.15, 0.2) is 53.9 Å². The quantitative estimate of drug-likeness (QED) is 0.602. The van der Waals surface area contributed by atoms with E-state index in [1.54, 1.807) is 29.6 Å². The summed E-state index contributed by atoms with van der Waals surface area (Å²) in [5, 5.41) is 4.51. The zero-order chi connectivity index (χ0) is 22.0. The average Bonchev–Trinajstić information content (AvgIpc) is 3.35. The van der Waals surface area contributed by atoms with Crippen LogP contribution in [0.1, 0.15) is 6.42 Å². The maximum Gasteiger partial charge on any atom is 0.387 e. The van der Waals surface area contributed by atoms with Crippen molar-refractivity contribution in [1.29, 1.82) is 0 Å². The number of amides is 2. The molecule has 1 atom stereocenters. The second-order valence-electron chi connectivity index (χ2n) is 6.76. The molecule has 0 radical (unpaired) electrons. The molecule has 0 aliphatic carbocycles. The van der Waals surface area contributed by atoms with E-state index in [1.807, 2.05) is 0 Å². The van der Waals surface area contributed by atoms with Crippen molar-refractivity contribution in [3.8, 4) is 17.0 Å². The first-order valence-electron chi connectivity index (χ1n) is 9.28. The molecule has 0 spiro atoms. The van der Waals surface area contributed by atoms with Crippen LogP contribution >= 0.6 is 11.3 Å². The van der Waals surface area contributed by atoms with E-state index in [9.17, 15) is 22.8 Å². The summed E-state index contributed by atoms with van der Waals surface area (Å²) < 4.78 is 43.8. The molecule has 1 saturated heterocycles. The molecule has 6 nitrogen and oxygen atoms in total. The van der Waals surface area contributed by atoms with Crippen molar-refractivity contribution in [2.75, 3.05) is 16.8 Å². The van der Waals surface area contributed by atoms with E-state index in [4.69, 9.17) is 0 Å². The lowest BCUT2D eigenvalue weighted by Gasteiger charge is -2.17. The van der Waals surface area contributed by atoms with E-state index in [0.29, 0.717) is 11.3 Å². The van der Waals surface area contributed by atoms with Crippen molar-refractivity contribution < 1.29 is 27.5 Å². The molecule has 2 heterocycles. The van der Waals surface area contributed by atoms with Crippen LogP contribution in [0.4, 0.5) is 24.0 Å². The predicted molar refractivity (Wildman–Crippen MR) is 110 cm³/mol. The zero-order valence-corrected chi connectivity index (χ0v) is 16.7. The van der Waals surface area contributed by atoms with Gasteiger partial charge in [-0.15, -0.1) is 11.3 Å². The van der Waals surface area contributed by atoms with Gasteiger partial charge in [0.1, 0.15) is 11.6 Å². The lowest BCUT2D eigenvalue weighted by atomic mass is 10.1. The Morgan fingerprint density at radius 1 is 1.19 bits per heavy atom. The lowest BCUT2D eigenvalue weighted by Crippen LogP contribution is -2.28. The molecular formula is C21H16F3N3O3S. The largest absolute Gasteiger partial charge is 0.434 e. The number of halogens is 3. The highest BCUT2D eigenvalue weighted by atomic mass is 32.1. The molecule has 1 fully saturated rings. The highest BCUT2D eigenvalue weighted by molar-refractivity contribution is 7.14. The lowest BCUT2D eigenvalue weighted by molar-refractivity contribution is -0.122. The van der Waals surface area contributed by atoms with Gasteiger partial charge in [-0.3, -0.25) is 9.59 Å². The van der Waals surface area contributed by atoms with Crippen LogP contribution in [-0.4, -0.2) is 30.0 Å². The molecule has 1 aromatic heterocycles. The van der Waals surface area contributed by atoms with Gasteiger partial charge in [0, 0.05) is 23.9 Å².